The standard InChI is InChI=1S/C12H12BrClFN3/c1-7-8(6-18(2)17-7)5-16-12-10(13)3-9(15)4-11(12)14/h3-4,6,16H,5H2,1-2H3. The number of hydrogen-bond acceptors (Lipinski definition) is 2. The minimum Gasteiger partial charge on any atom is -0.379 e. The molecular formula is C12H12BrClFN3. The predicted octanol–water partition coefficient (Wildman–Crippen LogP) is 3.90. The fourth-order valence-electron chi connectivity index (χ4n) is 1.72. The van der Waals surface area contributed by atoms with Crippen LogP contribution in [-0.4, -0.2) is 9.78 Å². The molecule has 0 amide bonds. The highest BCUT2D eigenvalue weighted by Gasteiger charge is 2.09. The van der Waals surface area contributed by atoms with Gasteiger partial charge in [-0.15, -0.1) is 0 Å². The first-order valence-corrected chi connectivity index (χ1v) is 6.52. The van der Waals surface area contributed by atoms with Crippen molar-refractivity contribution < 1.29 is 4.39 Å². The lowest BCUT2D eigenvalue weighted by Crippen LogP contribution is -2.01. The quantitative estimate of drug-likeness (QED) is 0.924. The van der Waals surface area contributed by atoms with Gasteiger partial charge in [0.15, 0.2) is 0 Å². The number of aryl methyl sites for hydroxylation is 2. The van der Waals surface area contributed by atoms with Crippen LogP contribution in [0.5, 0.6) is 0 Å². The number of aromatic nitrogens is 2. The number of nitrogens with one attached hydrogen (secondary N) is 1. The first-order valence-electron chi connectivity index (χ1n) is 5.35. The van der Waals surface area contributed by atoms with Crippen LogP contribution in [0.4, 0.5) is 10.1 Å². The van der Waals surface area contributed by atoms with Crippen molar-refractivity contribution in [2.24, 2.45) is 7.05 Å². The fraction of sp³-hybridized carbons (Fsp3) is 0.250. The van der Waals surface area contributed by atoms with E-state index >= 15 is 0 Å². The van der Waals surface area contributed by atoms with Crippen LogP contribution < -0.4 is 5.32 Å². The topological polar surface area (TPSA) is 29.9 Å². The summed E-state index contributed by atoms with van der Waals surface area (Å²) in [6.45, 7) is 2.53. The summed E-state index contributed by atoms with van der Waals surface area (Å²) in [6, 6.07) is 2.66. The number of benzene rings is 1. The zero-order valence-electron chi connectivity index (χ0n) is 9.97. The highest BCUT2D eigenvalue weighted by Crippen LogP contribution is 2.32. The Morgan fingerprint density at radius 2 is 2.22 bits per heavy atom. The molecule has 96 valence electrons. The average Bonchev–Trinajstić information content (AvgIpc) is 2.55. The van der Waals surface area contributed by atoms with E-state index in [1.165, 1.54) is 12.1 Å². The molecule has 18 heavy (non-hydrogen) atoms. The molecule has 2 rings (SSSR count). The highest BCUT2D eigenvalue weighted by atomic mass is 79.9. The van der Waals surface area contributed by atoms with E-state index in [0.717, 1.165) is 11.3 Å². The van der Waals surface area contributed by atoms with Gasteiger partial charge >= 0.3 is 0 Å². The third-order valence-electron chi connectivity index (χ3n) is 2.58. The number of hydrogen-bond donors (Lipinski definition) is 1. The molecule has 6 heteroatoms. The first-order chi connectivity index (χ1) is 8.47. The molecule has 0 fully saturated rings. The number of rotatable bonds is 3. The van der Waals surface area contributed by atoms with Crippen molar-refractivity contribution in [3.63, 3.8) is 0 Å². The first kappa shape index (κ1) is 13.4. The second-order valence-corrected chi connectivity index (χ2v) is 5.27. The van der Waals surface area contributed by atoms with Crippen molar-refractivity contribution in [2.45, 2.75) is 13.5 Å². The molecule has 3 nitrogen and oxygen atoms in total. The van der Waals surface area contributed by atoms with E-state index < -0.39 is 0 Å². The van der Waals surface area contributed by atoms with Crippen molar-refractivity contribution in [3.05, 3.63) is 44.9 Å². The Labute approximate surface area is 118 Å². The van der Waals surface area contributed by atoms with Crippen LogP contribution in [0.2, 0.25) is 5.02 Å². The van der Waals surface area contributed by atoms with Crippen LogP contribution in [-0.2, 0) is 13.6 Å². The second-order valence-electron chi connectivity index (χ2n) is 4.01. The lowest BCUT2D eigenvalue weighted by atomic mass is 10.2. The normalized spacial score (nSPS) is 10.7. The lowest BCUT2D eigenvalue weighted by Gasteiger charge is -2.10. The minimum atomic E-state index is -0.366. The maximum absolute atomic E-state index is 13.1. The molecule has 1 aromatic heterocycles. The zero-order chi connectivity index (χ0) is 13.3. The monoisotopic (exact) mass is 331 g/mol. The number of halogens is 3. The van der Waals surface area contributed by atoms with E-state index in [9.17, 15) is 4.39 Å². The molecule has 0 spiro atoms. The van der Waals surface area contributed by atoms with Crippen molar-refractivity contribution in [1.82, 2.24) is 9.78 Å². The fourth-order valence-corrected chi connectivity index (χ4v) is 2.68. The van der Waals surface area contributed by atoms with Gasteiger partial charge in [-0.3, -0.25) is 4.68 Å². The van der Waals surface area contributed by atoms with Gasteiger partial charge in [-0.25, -0.2) is 4.39 Å². The van der Waals surface area contributed by atoms with Crippen LogP contribution in [0.25, 0.3) is 0 Å². The largest absolute Gasteiger partial charge is 0.379 e. The third kappa shape index (κ3) is 2.84. The summed E-state index contributed by atoms with van der Waals surface area (Å²) >= 11 is 9.28. The Hall–Kier alpha value is -1.07. The van der Waals surface area contributed by atoms with Crippen LogP contribution in [0.3, 0.4) is 0 Å². The van der Waals surface area contributed by atoms with E-state index in [2.05, 4.69) is 26.3 Å². The van der Waals surface area contributed by atoms with Crippen molar-refractivity contribution >= 4 is 33.2 Å². The van der Waals surface area contributed by atoms with Crippen LogP contribution in [0.1, 0.15) is 11.3 Å². The van der Waals surface area contributed by atoms with Gasteiger partial charge in [-0.05, 0) is 35.0 Å². The molecule has 2 aromatic rings. The van der Waals surface area contributed by atoms with Gasteiger partial charge in [0.25, 0.3) is 0 Å². The van der Waals surface area contributed by atoms with E-state index in [0.29, 0.717) is 21.7 Å². The van der Waals surface area contributed by atoms with Crippen molar-refractivity contribution in [3.8, 4) is 0 Å². The van der Waals surface area contributed by atoms with Gasteiger partial charge in [-0.2, -0.15) is 5.10 Å². The van der Waals surface area contributed by atoms with E-state index in [-0.39, 0.29) is 5.82 Å². The molecule has 0 aliphatic carbocycles. The van der Waals surface area contributed by atoms with Crippen molar-refractivity contribution in [2.75, 3.05) is 5.32 Å². The molecule has 0 bridgehead atoms. The van der Waals surface area contributed by atoms with Gasteiger partial charge in [-0.1, -0.05) is 11.6 Å². The minimum absolute atomic E-state index is 0.350. The summed E-state index contributed by atoms with van der Waals surface area (Å²) < 4.78 is 15.4. The smallest absolute Gasteiger partial charge is 0.125 e. The summed E-state index contributed by atoms with van der Waals surface area (Å²) in [6.07, 6.45) is 1.94. The molecule has 1 heterocycles. The Morgan fingerprint density at radius 1 is 1.50 bits per heavy atom. The molecule has 0 radical (unpaired) electrons. The number of anilines is 1. The lowest BCUT2D eigenvalue weighted by molar-refractivity contribution is 0.627. The molecule has 0 saturated carbocycles. The highest BCUT2D eigenvalue weighted by molar-refractivity contribution is 9.10. The average molecular weight is 333 g/mol. The molecule has 1 aromatic carbocycles. The van der Waals surface area contributed by atoms with Crippen LogP contribution >= 0.6 is 27.5 Å². The van der Waals surface area contributed by atoms with Gasteiger partial charge in [0.1, 0.15) is 5.82 Å². The second kappa shape index (κ2) is 5.28. The summed E-state index contributed by atoms with van der Waals surface area (Å²) in [4.78, 5) is 0. The predicted molar refractivity (Wildman–Crippen MR) is 74.4 cm³/mol. The molecule has 0 unspecified atom stereocenters. The van der Waals surface area contributed by atoms with Gasteiger partial charge in [0.05, 0.1) is 16.4 Å². The van der Waals surface area contributed by atoms with E-state index in [1.807, 2.05) is 20.2 Å². The molecule has 0 aliphatic rings. The maximum Gasteiger partial charge on any atom is 0.125 e. The van der Waals surface area contributed by atoms with Crippen molar-refractivity contribution in [1.29, 1.82) is 0 Å². The summed E-state index contributed by atoms with van der Waals surface area (Å²) in [7, 11) is 1.87. The molecule has 0 aliphatic heterocycles. The van der Waals surface area contributed by atoms with Gasteiger partial charge < -0.3 is 5.32 Å². The van der Waals surface area contributed by atoms with E-state index in [4.69, 9.17) is 11.6 Å². The van der Waals surface area contributed by atoms with E-state index in [1.54, 1.807) is 4.68 Å². The molecule has 1 N–H and O–H groups in total. The summed E-state index contributed by atoms with van der Waals surface area (Å²) in [5.74, 6) is -0.366. The van der Waals surface area contributed by atoms with Crippen LogP contribution in [0, 0.1) is 12.7 Å². The third-order valence-corrected chi connectivity index (χ3v) is 3.50. The summed E-state index contributed by atoms with van der Waals surface area (Å²) in [5.41, 5.74) is 2.71. The Morgan fingerprint density at radius 3 is 2.78 bits per heavy atom. The summed E-state index contributed by atoms with van der Waals surface area (Å²) in [5, 5.41) is 7.78. The zero-order valence-corrected chi connectivity index (χ0v) is 12.3. The number of nitrogens with zero attached hydrogens (tertiary/aromatic N) is 2. The Balaban J connectivity index is 2.18. The SMILES string of the molecule is Cc1nn(C)cc1CNc1c(Cl)cc(F)cc1Br. The van der Waals surface area contributed by atoms with Gasteiger partial charge in [0, 0.05) is 29.8 Å². The molecular weight excluding hydrogens is 321 g/mol. The molecule has 0 atom stereocenters. The Bertz CT molecular complexity index is 560. The molecule has 0 saturated heterocycles. The van der Waals surface area contributed by atoms with Crippen LogP contribution in [0.15, 0.2) is 22.8 Å². The Kier molecular flexibility index (Phi) is 3.92. The van der Waals surface area contributed by atoms with Gasteiger partial charge in [0.2, 0.25) is 0 Å². The maximum atomic E-state index is 13.1.